The summed E-state index contributed by atoms with van der Waals surface area (Å²) in [6.07, 6.45) is 4.64. The first kappa shape index (κ1) is 15.8. The first-order valence-corrected chi connectivity index (χ1v) is 7.50. The number of nitrogens with one attached hydrogen (secondary N) is 1. The van der Waals surface area contributed by atoms with Gasteiger partial charge in [0.25, 0.3) is 0 Å². The maximum Gasteiger partial charge on any atom is 0.0439 e. The van der Waals surface area contributed by atoms with E-state index in [1.807, 2.05) is 18.2 Å². The molecule has 3 heteroatoms. The molecular weight excluding hydrogens is 265 g/mol. The molecule has 18 heavy (non-hydrogen) atoms. The van der Waals surface area contributed by atoms with Gasteiger partial charge in [-0.05, 0) is 62.0 Å². The van der Waals surface area contributed by atoms with Crippen molar-refractivity contribution in [3.05, 3.63) is 33.8 Å². The second-order valence-corrected chi connectivity index (χ2v) is 5.99. The highest BCUT2D eigenvalue weighted by molar-refractivity contribution is 6.33. The summed E-state index contributed by atoms with van der Waals surface area (Å²) >= 11 is 12.1. The van der Waals surface area contributed by atoms with Gasteiger partial charge in [-0.2, -0.15) is 0 Å². The minimum absolute atomic E-state index is 0.732. The van der Waals surface area contributed by atoms with Crippen LogP contribution in [0.3, 0.4) is 0 Å². The van der Waals surface area contributed by atoms with E-state index in [9.17, 15) is 0 Å². The van der Waals surface area contributed by atoms with E-state index in [-0.39, 0.29) is 0 Å². The molecule has 0 spiro atoms. The summed E-state index contributed by atoms with van der Waals surface area (Å²) in [6, 6.07) is 5.69. The fraction of sp³-hybridized carbons (Fsp3) is 0.600. The third kappa shape index (κ3) is 6.63. The second-order valence-electron chi connectivity index (χ2n) is 5.14. The van der Waals surface area contributed by atoms with Crippen molar-refractivity contribution >= 4 is 23.2 Å². The van der Waals surface area contributed by atoms with Gasteiger partial charge >= 0.3 is 0 Å². The Labute approximate surface area is 121 Å². The van der Waals surface area contributed by atoms with Crippen LogP contribution in [0.15, 0.2) is 18.2 Å². The Morgan fingerprint density at radius 3 is 2.61 bits per heavy atom. The van der Waals surface area contributed by atoms with Crippen LogP contribution in [-0.4, -0.2) is 13.1 Å². The lowest BCUT2D eigenvalue weighted by Crippen LogP contribution is -2.20. The van der Waals surface area contributed by atoms with Crippen molar-refractivity contribution < 1.29 is 0 Å². The van der Waals surface area contributed by atoms with E-state index in [1.165, 1.54) is 24.8 Å². The molecule has 0 fully saturated rings. The van der Waals surface area contributed by atoms with Gasteiger partial charge in [0, 0.05) is 10.0 Å². The Bertz CT molecular complexity index is 350. The molecule has 1 aromatic rings. The van der Waals surface area contributed by atoms with E-state index < -0.39 is 0 Å². The van der Waals surface area contributed by atoms with Crippen LogP contribution in [-0.2, 0) is 6.42 Å². The van der Waals surface area contributed by atoms with Crippen LogP contribution in [0.4, 0.5) is 0 Å². The lowest BCUT2D eigenvalue weighted by Gasteiger charge is -2.07. The Morgan fingerprint density at radius 1 is 1.11 bits per heavy atom. The predicted molar refractivity (Wildman–Crippen MR) is 81.7 cm³/mol. The van der Waals surface area contributed by atoms with Gasteiger partial charge in [0.05, 0.1) is 0 Å². The van der Waals surface area contributed by atoms with Gasteiger partial charge in [0.2, 0.25) is 0 Å². The molecule has 0 aromatic heterocycles. The molecule has 0 aliphatic carbocycles. The summed E-state index contributed by atoms with van der Waals surface area (Å²) in [5.74, 6) is 0.732. The van der Waals surface area contributed by atoms with Gasteiger partial charge in [-0.3, -0.25) is 0 Å². The van der Waals surface area contributed by atoms with Crippen LogP contribution < -0.4 is 5.32 Å². The highest BCUT2D eigenvalue weighted by atomic mass is 35.5. The molecular formula is C15H23Cl2N. The molecule has 0 aliphatic heterocycles. The molecule has 0 amide bonds. The average Bonchev–Trinajstić information content (AvgIpc) is 2.32. The Kier molecular flexibility index (Phi) is 7.73. The number of hydrogen-bond acceptors (Lipinski definition) is 1. The second kappa shape index (κ2) is 8.79. The number of rotatable bonds is 8. The average molecular weight is 288 g/mol. The summed E-state index contributed by atoms with van der Waals surface area (Å²) in [4.78, 5) is 0. The first-order chi connectivity index (χ1) is 8.59. The SMILES string of the molecule is CC(C)CNCCCCCc1cc(Cl)ccc1Cl. The molecule has 0 aliphatic rings. The van der Waals surface area contributed by atoms with Crippen molar-refractivity contribution in [2.45, 2.75) is 39.5 Å². The monoisotopic (exact) mass is 287 g/mol. The quantitative estimate of drug-likeness (QED) is 0.667. The highest BCUT2D eigenvalue weighted by Crippen LogP contribution is 2.22. The molecule has 0 saturated carbocycles. The lowest BCUT2D eigenvalue weighted by molar-refractivity contribution is 0.530. The first-order valence-electron chi connectivity index (χ1n) is 6.74. The summed E-state index contributed by atoms with van der Waals surface area (Å²) < 4.78 is 0. The Hall–Kier alpha value is -0.240. The van der Waals surface area contributed by atoms with E-state index in [0.29, 0.717) is 0 Å². The van der Waals surface area contributed by atoms with E-state index in [1.54, 1.807) is 0 Å². The van der Waals surface area contributed by atoms with Gasteiger partial charge < -0.3 is 5.32 Å². The minimum Gasteiger partial charge on any atom is -0.316 e. The van der Waals surface area contributed by atoms with Gasteiger partial charge in [-0.1, -0.05) is 43.5 Å². The topological polar surface area (TPSA) is 12.0 Å². The van der Waals surface area contributed by atoms with Crippen molar-refractivity contribution in [3.8, 4) is 0 Å². The predicted octanol–water partition coefficient (Wildman–Crippen LogP) is 4.95. The van der Waals surface area contributed by atoms with E-state index >= 15 is 0 Å². The summed E-state index contributed by atoms with van der Waals surface area (Å²) in [6.45, 7) is 6.68. The number of halogens is 2. The van der Waals surface area contributed by atoms with Crippen molar-refractivity contribution in [3.63, 3.8) is 0 Å². The Balaban J connectivity index is 2.12. The van der Waals surface area contributed by atoms with Crippen molar-refractivity contribution in [2.75, 3.05) is 13.1 Å². The number of unbranched alkanes of at least 4 members (excludes halogenated alkanes) is 2. The fourth-order valence-electron chi connectivity index (χ4n) is 1.87. The third-order valence-electron chi connectivity index (χ3n) is 2.86. The molecule has 1 nitrogen and oxygen atoms in total. The number of hydrogen-bond donors (Lipinski definition) is 1. The summed E-state index contributed by atoms with van der Waals surface area (Å²) in [7, 11) is 0. The van der Waals surface area contributed by atoms with Gasteiger partial charge in [0.15, 0.2) is 0 Å². The molecule has 0 radical (unpaired) electrons. The van der Waals surface area contributed by atoms with Crippen LogP contribution in [0.1, 0.15) is 38.7 Å². The molecule has 0 bridgehead atoms. The standard InChI is InChI=1S/C15H23Cl2N/c1-12(2)11-18-9-5-3-4-6-13-10-14(16)7-8-15(13)17/h7-8,10,12,18H,3-6,9,11H2,1-2H3. The van der Waals surface area contributed by atoms with E-state index in [2.05, 4.69) is 19.2 Å². The maximum atomic E-state index is 6.12. The molecule has 0 heterocycles. The molecule has 0 unspecified atom stereocenters. The summed E-state index contributed by atoms with van der Waals surface area (Å²) in [5, 5.41) is 5.06. The van der Waals surface area contributed by atoms with Crippen LogP contribution in [0.2, 0.25) is 10.0 Å². The molecule has 1 N–H and O–H groups in total. The molecule has 102 valence electrons. The van der Waals surface area contributed by atoms with Crippen LogP contribution >= 0.6 is 23.2 Å². The zero-order valence-corrected chi connectivity index (χ0v) is 12.8. The third-order valence-corrected chi connectivity index (χ3v) is 3.46. The van der Waals surface area contributed by atoms with Gasteiger partial charge in [-0.25, -0.2) is 0 Å². The fourth-order valence-corrected chi connectivity index (χ4v) is 2.27. The molecule has 1 rings (SSSR count). The van der Waals surface area contributed by atoms with Crippen LogP contribution in [0.25, 0.3) is 0 Å². The Morgan fingerprint density at radius 2 is 1.89 bits per heavy atom. The molecule has 1 aromatic carbocycles. The zero-order valence-electron chi connectivity index (χ0n) is 11.3. The van der Waals surface area contributed by atoms with Gasteiger partial charge in [-0.15, -0.1) is 0 Å². The van der Waals surface area contributed by atoms with E-state index in [4.69, 9.17) is 23.2 Å². The van der Waals surface area contributed by atoms with Crippen molar-refractivity contribution in [1.82, 2.24) is 5.32 Å². The summed E-state index contributed by atoms with van der Waals surface area (Å²) in [5.41, 5.74) is 1.17. The normalized spacial score (nSPS) is 11.2. The zero-order chi connectivity index (χ0) is 13.4. The number of aryl methyl sites for hydroxylation is 1. The molecule has 0 saturated heterocycles. The smallest absolute Gasteiger partial charge is 0.0439 e. The lowest BCUT2D eigenvalue weighted by atomic mass is 10.1. The maximum absolute atomic E-state index is 6.12. The minimum atomic E-state index is 0.732. The van der Waals surface area contributed by atoms with Crippen LogP contribution in [0, 0.1) is 5.92 Å². The molecule has 0 atom stereocenters. The largest absolute Gasteiger partial charge is 0.316 e. The number of benzene rings is 1. The van der Waals surface area contributed by atoms with Crippen molar-refractivity contribution in [1.29, 1.82) is 0 Å². The van der Waals surface area contributed by atoms with Crippen LogP contribution in [0.5, 0.6) is 0 Å². The van der Waals surface area contributed by atoms with Crippen molar-refractivity contribution in [2.24, 2.45) is 5.92 Å². The highest BCUT2D eigenvalue weighted by Gasteiger charge is 2.01. The van der Waals surface area contributed by atoms with E-state index in [0.717, 1.165) is 35.5 Å². The van der Waals surface area contributed by atoms with Gasteiger partial charge in [0.1, 0.15) is 0 Å².